The minimum Gasteiger partial charge on any atom is -0.497 e. The van der Waals surface area contributed by atoms with Crippen molar-refractivity contribution in [3.05, 3.63) is 60.0 Å². The number of hydrogen-bond donors (Lipinski definition) is 0. The molecule has 0 radical (unpaired) electrons. The second kappa shape index (κ2) is 8.85. The van der Waals surface area contributed by atoms with E-state index in [0.29, 0.717) is 11.5 Å². The normalized spacial score (nSPS) is 12.3. The first-order valence-corrected chi connectivity index (χ1v) is 8.74. The number of carbonyl (C=O) groups is 1. The molecule has 0 amide bonds. The van der Waals surface area contributed by atoms with E-state index in [0.717, 1.165) is 12.1 Å². The highest BCUT2D eigenvalue weighted by atomic mass is 19.4. The fraction of sp³-hybridized carbons (Fsp3) is 0.250. The third-order valence-electron chi connectivity index (χ3n) is 3.96. The molecular formula is C20H17F3N2O5. The first kappa shape index (κ1) is 21.2. The third kappa shape index (κ3) is 5.28. The van der Waals surface area contributed by atoms with Gasteiger partial charge in [-0.05, 0) is 43.3 Å². The van der Waals surface area contributed by atoms with E-state index in [2.05, 4.69) is 10.1 Å². The van der Waals surface area contributed by atoms with E-state index in [1.54, 1.807) is 24.3 Å². The Morgan fingerprint density at radius 3 is 2.50 bits per heavy atom. The number of esters is 1. The van der Waals surface area contributed by atoms with Crippen LogP contribution in [0.2, 0.25) is 0 Å². The molecule has 0 aliphatic rings. The number of methoxy groups -OCH3 is 1. The quantitative estimate of drug-likeness (QED) is 0.526. The largest absolute Gasteiger partial charge is 0.497 e. The van der Waals surface area contributed by atoms with Crippen LogP contribution in [-0.2, 0) is 22.3 Å². The summed E-state index contributed by atoms with van der Waals surface area (Å²) in [7, 11) is 1.53. The predicted molar refractivity (Wildman–Crippen MR) is 97.6 cm³/mol. The number of hydrogen-bond acceptors (Lipinski definition) is 7. The lowest BCUT2D eigenvalue weighted by atomic mass is 10.1. The van der Waals surface area contributed by atoms with Crippen molar-refractivity contribution in [1.82, 2.24) is 10.1 Å². The van der Waals surface area contributed by atoms with Crippen LogP contribution < -0.4 is 9.47 Å². The van der Waals surface area contributed by atoms with Crippen LogP contribution in [0.5, 0.6) is 11.5 Å². The van der Waals surface area contributed by atoms with Crippen molar-refractivity contribution in [2.45, 2.75) is 25.8 Å². The second-order valence-electron chi connectivity index (χ2n) is 6.13. The van der Waals surface area contributed by atoms with Crippen LogP contribution in [0, 0.1) is 0 Å². The summed E-state index contributed by atoms with van der Waals surface area (Å²) in [6.07, 6.45) is -5.40. The lowest BCUT2D eigenvalue weighted by molar-refractivity contribution is -0.153. The standard InChI is InChI=1S/C20H17F3N2O5/c1-12(29-16-8-6-15(27-2)7-9-16)19(26)28-11-17-24-18(25-30-17)13-4-3-5-14(10-13)20(21,22)23/h3-10,12H,11H2,1-2H3. The molecule has 1 heterocycles. The van der Waals surface area contributed by atoms with Gasteiger partial charge in [-0.15, -0.1) is 0 Å². The summed E-state index contributed by atoms with van der Waals surface area (Å²) >= 11 is 0. The van der Waals surface area contributed by atoms with Crippen LogP contribution >= 0.6 is 0 Å². The van der Waals surface area contributed by atoms with E-state index in [1.165, 1.54) is 26.2 Å². The van der Waals surface area contributed by atoms with Crippen molar-refractivity contribution in [1.29, 1.82) is 0 Å². The first-order valence-electron chi connectivity index (χ1n) is 8.74. The molecule has 0 spiro atoms. The zero-order chi connectivity index (χ0) is 21.7. The van der Waals surface area contributed by atoms with Crippen LogP contribution in [0.3, 0.4) is 0 Å². The van der Waals surface area contributed by atoms with Crippen molar-refractivity contribution in [2.24, 2.45) is 0 Å². The van der Waals surface area contributed by atoms with Crippen LogP contribution in [0.15, 0.2) is 53.1 Å². The lowest BCUT2D eigenvalue weighted by Crippen LogP contribution is -2.26. The maximum absolute atomic E-state index is 12.8. The molecule has 0 saturated carbocycles. The number of benzene rings is 2. The molecule has 0 N–H and O–H groups in total. The van der Waals surface area contributed by atoms with Crippen molar-refractivity contribution >= 4 is 5.97 Å². The molecule has 3 aromatic rings. The number of ether oxygens (including phenoxy) is 3. The second-order valence-corrected chi connectivity index (χ2v) is 6.13. The molecular weight excluding hydrogens is 405 g/mol. The highest BCUT2D eigenvalue weighted by molar-refractivity contribution is 5.74. The number of carbonyl (C=O) groups excluding carboxylic acids is 1. The third-order valence-corrected chi connectivity index (χ3v) is 3.96. The Kier molecular flexibility index (Phi) is 6.24. The van der Waals surface area contributed by atoms with Gasteiger partial charge in [-0.1, -0.05) is 17.3 Å². The lowest BCUT2D eigenvalue weighted by Gasteiger charge is -2.13. The van der Waals surface area contributed by atoms with Crippen molar-refractivity contribution in [3.8, 4) is 22.9 Å². The molecule has 3 rings (SSSR count). The van der Waals surface area contributed by atoms with Gasteiger partial charge >= 0.3 is 12.1 Å². The molecule has 0 bridgehead atoms. The van der Waals surface area contributed by atoms with E-state index < -0.39 is 23.8 Å². The maximum atomic E-state index is 12.8. The van der Waals surface area contributed by atoms with Crippen molar-refractivity contribution < 1.29 is 36.7 Å². The van der Waals surface area contributed by atoms with Gasteiger partial charge < -0.3 is 18.7 Å². The smallest absolute Gasteiger partial charge is 0.416 e. The number of rotatable bonds is 7. The van der Waals surface area contributed by atoms with Crippen LogP contribution in [0.1, 0.15) is 18.4 Å². The van der Waals surface area contributed by atoms with Gasteiger partial charge in [0.05, 0.1) is 12.7 Å². The highest BCUT2D eigenvalue weighted by Gasteiger charge is 2.30. The Bertz CT molecular complexity index is 1000. The maximum Gasteiger partial charge on any atom is 0.416 e. The summed E-state index contributed by atoms with van der Waals surface area (Å²) in [6, 6.07) is 11.2. The van der Waals surface area contributed by atoms with Gasteiger partial charge in [-0.2, -0.15) is 18.2 Å². The minimum absolute atomic E-state index is 0.0466. The molecule has 0 fully saturated rings. The zero-order valence-corrected chi connectivity index (χ0v) is 16.0. The monoisotopic (exact) mass is 422 g/mol. The number of nitrogens with zero attached hydrogens (tertiary/aromatic N) is 2. The van der Waals surface area contributed by atoms with Gasteiger partial charge in [-0.25, -0.2) is 4.79 Å². The summed E-state index contributed by atoms with van der Waals surface area (Å²) in [4.78, 5) is 16.0. The molecule has 7 nitrogen and oxygen atoms in total. The molecule has 1 aromatic heterocycles. The van der Waals surface area contributed by atoms with E-state index >= 15 is 0 Å². The van der Waals surface area contributed by atoms with E-state index in [9.17, 15) is 18.0 Å². The van der Waals surface area contributed by atoms with Crippen LogP contribution in [0.4, 0.5) is 13.2 Å². The molecule has 0 aliphatic heterocycles. The Labute approximate surface area is 169 Å². The predicted octanol–water partition coefficient (Wildman–Crippen LogP) is 4.27. The summed E-state index contributed by atoms with van der Waals surface area (Å²) in [5.41, 5.74) is -0.704. The topological polar surface area (TPSA) is 83.7 Å². The number of aromatic nitrogens is 2. The average Bonchev–Trinajstić information content (AvgIpc) is 3.21. The molecule has 0 saturated heterocycles. The Balaban J connectivity index is 1.57. The van der Waals surface area contributed by atoms with Crippen LogP contribution in [-0.4, -0.2) is 29.3 Å². The van der Waals surface area contributed by atoms with Gasteiger partial charge in [0.25, 0.3) is 5.89 Å². The van der Waals surface area contributed by atoms with Gasteiger partial charge in [-0.3, -0.25) is 0 Å². The van der Waals surface area contributed by atoms with Gasteiger partial charge in [0.15, 0.2) is 12.7 Å². The molecule has 0 aliphatic carbocycles. The van der Waals surface area contributed by atoms with E-state index in [-0.39, 0.29) is 23.9 Å². The Morgan fingerprint density at radius 1 is 1.13 bits per heavy atom. The Hall–Kier alpha value is -3.56. The van der Waals surface area contributed by atoms with E-state index in [1.807, 2.05) is 0 Å². The summed E-state index contributed by atoms with van der Waals surface area (Å²) in [6.45, 7) is 1.16. The average molecular weight is 422 g/mol. The minimum atomic E-state index is -4.49. The number of halogens is 3. The molecule has 1 atom stereocenters. The number of alkyl halides is 3. The summed E-state index contributed by atoms with van der Waals surface area (Å²) < 4.78 is 59.0. The molecule has 10 heteroatoms. The Morgan fingerprint density at radius 2 is 1.83 bits per heavy atom. The molecule has 158 valence electrons. The molecule has 2 aromatic carbocycles. The summed E-state index contributed by atoms with van der Waals surface area (Å²) in [5, 5.41) is 3.63. The first-order chi connectivity index (χ1) is 14.3. The fourth-order valence-corrected chi connectivity index (χ4v) is 2.42. The fourth-order valence-electron chi connectivity index (χ4n) is 2.42. The van der Waals surface area contributed by atoms with Crippen molar-refractivity contribution in [3.63, 3.8) is 0 Å². The van der Waals surface area contributed by atoms with Crippen LogP contribution in [0.25, 0.3) is 11.4 Å². The summed E-state index contributed by atoms with van der Waals surface area (Å²) in [5.74, 6) is 0.308. The molecule has 1 unspecified atom stereocenters. The highest BCUT2D eigenvalue weighted by Crippen LogP contribution is 2.31. The van der Waals surface area contributed by atoms with Gasteiger partial charge in [0, 0.05) is 5.56 Å². The SMILES string of the molecule is COc1ccc(OC(C)C(=O)OCc2nc(-c3cccc(C(F)(F)F)c3)no2)cc1. The molecule has 30 heavy (non-hydrogen) atoms. The van der Waals surface area contributed by atoms with Gasteiger partial charge in [0.1, 0.15) is 11.5 Å². The zero-order valence-electron chi connectivity index (χ0n) is 16.0. The van der Waals surface area contributed by atoms with Crippen molar-refractivity contribution in [2.75, 3.05) is 7.11 Å². The van der Waals surface area contributed by atoms with E-state index in [4.69, 9.17) is 18.7 Å². The van der Waals surface area contributed by atoms with Gasteiger partial charge in [0.2, 0.25) is 5.82 Å².